The summed E-state index contributed by atoms with van der Waals surface area (Å²) in [4.78, 5) is 10.8. The predicted molar refractivity (Wildman–Crippen MR) is 113 cm³/mol. The quantitative estimate of drug-likeness (QED) is 0.290. The van der Waals surface area contributed by atoms with Crippen LogP contribution in [0.1, 0.15) is 78.6 Å². The van der Waals surface area contributed by atoms with Gasteiger partial charge >= 0.3 is 5.97 Å². The number of hydrogen-bond donors (Lipinski definition) is 1. The van der Waals surface area contributed by atoms with Crippen molar-refractivity contribution in [2.24, 2.45) is 0 Å². The first-order chi connectivity index (χ1) is 12.2. The minimum Gasteiger partial charge on any atom is -0.465 e. The van der Waals surface area contributed by atoms with Gasteiger partial charge in [-0.25, -0.2) is 0 Å². The van der Waals surface area contributed by atoms with E-state index in [2.05, 4.69) is 26.3 Å². The number of aliphatic hydroxyl groups is 1. The Morgan fingerprint density at radius 3 is 1.65 bits per heavy atom. The first kappa shape index (κ1) is 26.6. The van der Waals surface area contributed by atoms with E-state index in [0.717, 1.165) is 62.5 Å². The highest BCUT2D eigenvalue weighted by Crippen LogP contribution is 2.12. The van der Waals surface area contributed by atoms with Gasteiger partial charge in [-0.15, -0.1) is 13.2 Å². The molecule has 0 aromatic rings. The fourth-order valence-electron chi connectivity index (χ4n) is 2.10. The second-order valence-electron chi connectivity index (χ2n) is 6.92. The van der Waals surface area contributed by atoms with Gasteiger partial charge in [0.1, 0.15) is 0 Å². The van der Waals surface area contributed by atoms with Gasteiger partial charge in [-0.2, -0.15) is 0 Å². The Morgan fingerprint density at radius 1 is 0.808 bits per heavy atom. The molecule has 0 bridgehead atoms. The summed E-state index contributed by atoms with van der Waals surface area (Å²) in [6.45, 7) is 22.0. The van der Waals surface area contributed by atoms with E-state index < -0.39 is 0 Å². The van der Waals surface area contributed by atoms with E-state index in [1.54, 1.807) is 6.92 Å². The first-order valence-electron chi connectivity index (χ1n) is 9.61. The molecule has 0 heterocycles. The maximum absolute atomic E-state index is 10.8. The molecule has 0 saturated heterocycles. The summed E-state index contributed by atoms with van der Waals surface area (Å²) < 4.78 is 4.97. The van der Waals surface area contributed by atoms with Crippen LogP contribution >= 0.6 is 0 Å². The lowest BCUT2D eigenvalue weighted by Gasteiger charge is -2.06. The van der Waals surface area contributed by atoms with Gasteiger partial charge < -0.3 is 9.84 Å². The number of ether oxygens (including phenoxy) is 1. The second kappa shape index (κ2) is 18.2. The Bertz CT molecular complexity index is 446. The molecule has 0 aliphatic rings. The van der Waals surface area contributed by atoms with Gasteiger partial charge in [0.05, 0.1) is 6.61 Å². The normalized spacial score (nSPS) is 9.69. The zero-order valence-corrected chi connectivity index (χ0v) is 17.4. The van der Waals surface area contributed by atoms with E-state index in [0.29, 0.717) is 13.0 Å². The van der Waals surface area contributed by atoms with Crippen LogP contribution in [-0.4, -0.2) is 24.3 Å². The van der Waals surface area contributed by atoms with Gasteiger partial charge in [-0.1, -0.05) is 42.4 Å². The lowest BCUT2D eigenvalue weighted by atomic mass is 10.1. The molecule has 0 unspecified atom stereocenters. The molecule has 0 aliphatic heterocycles. The highest BCUT2D eigenvalue weighted by Gasteiger charge is 2.00. The van der Waals surface area contributed by atoms with Gasteiger partial charge in [-0.3, -0.25) is 4.79 Å². The zero-order chi connectivity index (χ0) is 20.4. The largest absolute Gasteiger partial charge is 0.465 e. The fraction of sp³-hybridized carbons (Fsp3) is 0.609. The standard InChI is InChI=1S/C13H22O2.C10H18O/c1-5-13(14)15-10-9-12(4)8-6-7-11(2)3;1-9(2)5-4-6-10(3)7-8-11/h2,4-10H2,1,3H3;11H,1,3-8H2,2H3. The maximum atomic E-state index is 10.8. The molecule has 0 aromatic carbocycles. The molecule has 0 aromatic heterocycles. The highest BCUT2D eigenvalue weighted by molar-refractivity contribution is 5.68. The summed E-state index contributed by atoms with van der Waals surface area (Å²) in [6, 6.07) is 0. The second-order valence-corrected chi connectivity index (χ2v) is 6.92. The van der Waals surface area contributed by atoms with Crippen molar-refractivity contribution in [2.75, 3.05) is 13.2 Å². The van der Waals surface area contributed by atoms with Gasteiger partial charge in [-0.05, 0) is 58.8 Å². The van der Waals surface area contributed by atoms with Crippen LogP contribution in [0.15, 0.2) is 48.6 Å². The Balaban J connectivity index is 0. The van der Waals surface area contributed by atoms with Crippen molar-refractivity contribution >= 4 is 5.97 Å². The smallest absolute Gasteiger partial charge is 0.305 e. The molecule has 150 valence electrons. The molecule has 1 N–H and O–H groups in total. The molecule has 0 saturated carbocycles. The third-order valence-corrected chi connectivity index (χ3v) is 3.74. The molecule has 0 atom stereocenters. The number of rotatable bonds is 14. The van der Waals surface area contributed by atoms with Crippen LogP contribution in [0.25, 0.3) is 0 Å². The molecule has 3 nitrogen and oxygen atoms in total. The fourth-order valence-corrected chi connectivity index (χ4v) is 2.10. The van der Waals surface area contributed by atoms with Crippen molar-refractivity contribution in [1.29, 1.82) is 0 Å². The number of allylic oxidation sites excluding steroid dienone is 2. The van der Waals surface area contributed by atoms with E-state index >= 15 is 0 Å². The predicted octanol–water partition coefficient (Wildman–Crippen LogP) is 6.30. The summed E-state index contributed by atoms with van der Waals surface area (Å²) in [5, 5.41) is 8.57. The Kier molecular flexibility index (Phi) is 18.6. The van der Waals surface area contributed by atoms with Crippen LogP contribution in [0.3, 0.4) is 0 Å². The molecule has 0 fully saturated rings. The van der Waals surface area contributed by atoms with E-state index in [1.807, 2.05) is 13.8 Å². The zero-order valence-electron chi connectivity index (χ0n) is 17.4. The summed E-state index contributed by atoms with van der Waals surface area (Å²) in [6.07, 6.45) is 8.33. The van der Waals surface area contributed by atoms with Crippen LogP contribution in [0, 0.1) is 0 Å². The molecule has 0 rings (SSSR count). The average Bonchev–Trinajstić information content (AvgIpc) is 2.54. The number of carbonyl (C=O) groups is 1. The van der Waals surface area contributed by atoms with Crippen molar-refractivity contribution in [3.63, 3.8) is 0 Å². The van der Waals surface area contributed by atoms with Crippen molar-refractivity contribution in [2.45, 2.75) is 78.6 Å². The van der Waals surface area contributed by atoms with E-state index in [-0.39, 0.29) is 12.6 Å². The lowest BCUT2D eigenvalue weighted by molar-refractivity contribution is -0.143. The van der Waals surface area contributed by atoms with Gasteiger partial charge in [0.2, 0.25) is 0 Å². The monoisotopic (exact) mass is 364 g/mol. The molecule has 3 heteroatoms. The molecule has 0 amide bonds. The van der Waals surface area contributed by atoms with Crippen molar-refractivity contribution in [3.05, 3.63) is 48.6 Å². The Hall–Kier alpha value is -1.61. The van der Waals surface area contributed by atoms with Gasteiger partial charge in [0.15, 0.2) is 0 Å². The van der Waals surface area contributed by atoms with Crippen LogP contribution in [0.4, 0.5) is 0 Å². The SMILES string of the molecule is C=C(C)CCCC(=C)CCO.C=C(C)CCCC(=C)CCOC(=O)CC. The summed E-state index contributed by atoms with van der Waals surface area (Å²) in [5.74, 6) is -0.135. The third-order valence-electron chi connectivity index (χ3n) is 3.74. The van der Waals surface area contributed by atoms with E-state index in [9.17, 15) is 4.79 Å². The topological polar surface area (TPSA) is 46.5 Å². The van der Waals surface area contributed by atoms with Crippen molar-refractivity contribution in [1.82, 2.24) is 0 Å². The van der Waals surface area contributed by atoms with Crippen LogP contribution in [0.2, 0.25) is 0 Å². The first-order valence-corrected chi connectivity index (χ1v) is 9.61. The number of esters is 1. The van der Waals surface area contributed by atoms with E-state index in [4.69, 9.17) is 9.84 Å². The highest BCUT2D eigenvalue weighted by atomic mass is 16.5. The van der Waals surface area contributed by atoms with Gasteiger partial charge in [0, 0.05) is 19.4 Å². The Morgan fingerprint density at radius 2 is 1.27 bits per heavy atom. The summed E-state index contributed by atoms with van der Waals surface area (Å²) in [5.41, 5.74) is 4.73. The van der Waals surface area contributed by atoms with Crippen molar-refractivity contribution in [3.8, 4) is 0 Å². The average molecular weight is 365 g/mol. The summed E-state index contributed by atoms with van der Waals surface area (Å²) in [7, 11) is 0. The van der Waals surface area contributed by atoms with E-state index in [1.165, 1.54) is 11.1 Å². The van der Waals surface area contributed by atoms with Crippen LogP contribution in [0.5, 0.6) is 0 Å². The minimum atomic E-state index is -0.135. The molecular weight excluding hydrogens is 324 g/mol. The number of aliphatic hydroxyl groups excluding tert-OH is 1. The Labute approximate surface area is 161 Å². The number of carbonyl (C=O) groups excluding carboxylic acids is 1. The minimum absolute atomic E-state index is 0.135. The van der Waals surface area contributed by atoms with Crippen LogP contribution < -0.4 is 0 Å². The molecule has 0 radical (unpaired) electrons. The van der Waals surface area contributed by atoms with Crippen LogP contribution in [-0.2, 0) is 9.53 Å². The number of hydrogen-bond acceptors (Lipinski definition) is 3. The van der Waals surface area contributed by atoms with Crippen molar-refractivity contribution < 1.29 is 14.6 Å². The third kappa shape index (κ3) is 22.4. The van der Waals surface area contributed by atoms with Gasteiger partial charge in [0.25, 0.3) is 0 Å². The molecule has 0 aliphatic carbocycles. The summed E-state index contributed by atoms with van der Waals surface area (Å²) >= 11 is 0. The lowest BCUT2D eigenvalue weighted by Crippen LogP contribution is -2.04. The molecular formula is C23H40O3. The molecule has 0 spiro atoms. The maximum Gasteiger partial charge on any atom is 0.305 e. The molecule has 26 heavy (non-hydrogen) atoms.